The summed E-state index contributed by atoms with van der Waals surface area (Å²) in [6.45, 7) is 0.886. The minimum absolute atomic E-state index is 0.148. The van der Waals surface area contributed by atoms with Crippen molar-refractivity contribution in [1.82, 2.24) is 19.3 Å². The number of ether oxygens (including phenoxy) is 1. The highest BCUT2D eigenvalue weighted by Crippen LogP contribution is 2.39. The number of nitrogens with zero attached hydrogens (tertiary/aromatic N) is 5. The minimum Gasteiger partial charge on any atom is -0.487 e. The summed E-state index contributed by atoms with van der Waals surface area (Å²) in [5.74, 6) is -2.60. The van der Waals surface area contributed by atoms with Crippen molar-refractivity contribution >= 4 is 23.0 Å². The molecule has 0 aliphatic heterocycles. The number of halogens is 3. The smallest absolute Gasteiger partial charge is 0.487 e. The van der Waals surface area contributed by atoms with Gasteiger partial charge in [-0.1, -0.05) is 25.0 Å². The zero-order valence-corrected chi connectivity index (χ0v) is 22.6. The summed E-state index contributed by atoms with van der Waals surface area (Å²) in [5.41, 5.74) is 4.18. The third-order valence-corrected chi connectivity index (χ3v) is 6.99. The van der Waals surface area contributed by atoms with Crippen molar-refractivity contribution in [2.75, 3.05) is 0 Å². The number of imidazole rings is 1. The van der Waals surface area contributed by atoms with Crippen LogP contribution in [0.25, 0.3) is 11.0 Å². The van der Waals surface area contributed by atoms with Crippen LogP contribution in [-0.4, -0.2) is 47.7 Å². The lowest BCUT2D eigenvalue weighted by atomic mass is 9.78. The topological polar surface area (TPSA) is 143 Å². The van der Waals surface area contributed by atoms with E-state index in [0.717, 1.165) is 47.4 Å². The van der Waals surface area contributed by atoms with Crippen LogP contribution in [0.2, 0.25) is 0 Å². The summed E-state index contributed by atoms with van der Waals surface area (Å²) in [7, 11) is 1.87. The zero-order chi connectivity index (χ0) is 30.4. The van der Waals surface area contributed by atoms with E-state index in [2.05, 4.69) is 15.7 Å². The highest BCUT2D eigenvalue weighted by molar-refractivity contribution is 5.79. The van der Waals surface area contributed by atoms with Crippen molar-refractivity contribution < 1.29 is 37.7 Å². The lowest BCUT2D eigenvalue weighted by Gasteiger charge is -2.28. The Hall–Kier alpha value is -4.86. The molecule has 2 aromatic carbocycles. The van der Waals surface area contributed by atoms with Gasteiger partial charge in [-0.2, -0.15) is 23.5 Å². The molecule has 220 valence electrons. The molecular weight excluding hydrogens is 555 g/mol. The number of hydrogen-bond donors (Lipinski definition) is 2. The van der Waals surface area contributed by atoms with Crippen LogP contribution in [0.5, 0.6) is 5.75 Å². The van der Waals surface area contributed by atoms with Crippen molar-refractivity contribution in [3.63, 3.8) is 0 Å². The van der Waals surface area contributed by atoms with Crippen LogP contribution in [0.3, 0.4) is 0 Å². The predicted octanol–water partition coefficient (Wildman–Crippen LogP) is 5.26. The fraction of sp³-hybridized carbons (Fsp3) is 0.345. The second-order valence-electron chi connectivity index (χ2n) is 9.92. The minimum atomic E-state index is -5.08. The highest BCUT2D eigenvalue weighted by Gasteiger charge is 2.38. The number of nitriles is 1. The van der Waals surface area contributed by atoms with Gasteiger partial charge in [-0.25, -0.2) is 9.78 Å². The second kappa shape index (κ2) is 12.8. The standard InChI is InChI=1S/C27H27N5O3.C2HF3O2/c1-31-13-12-20(30-31)17-35-21-10-11-24-25(14-21)32(16-19-8-6-18(15-28)7-9-19)26(29-24)22-4-2-3-5-23(22)27(33)34;3-2(4,5)1(6)7/h6-14,22-23H,2-5,16-17H2,1H3,(H,33,34);(H,6,7)/t22-,23-;/m0./s1. The third-order valence-electron chi connectivity index (χ3n) is 6.99. The van der Waals surface area contributed by atoms with E-state index in [1.54, 1.807) is 16.8 Å². The molecular formula is C29H28F3N5O5. The normalized spacial score (nSPS) is 16.7. The largest absolute Gasteiger partial charge is 0.490 e. The predicted molar refractivity (Wildman–Crippen MR) is 144 cm³/mol. The van der Waals surface area contributed by atoms with E-state index >= 15 is 0 Å². The number of aliphatic carboxylic acids is 2. The van der Waals surface area contributed by atoms with E-state index in [1.807, 2.05) is 49.6 Å². The van der Waals surface area contributed by atoms with Gasteiger partial charge in [0, 0.05) is 31.8 Å². The molecule has 13 heteroatoms. The highest BCUT2D eigenvalue weighted by atomic mass is 19.4. The number of carbonyl (C=O) groups is 2. The summed E-state index contributed by atoms with van der Waals surface area (Å²) in [6, 6.07) is 17.3. The van der Waals surface area contributed by atoms with Crippen LogP contribution >= 0.6 is 0 Å². The maximum atomic E-state index is 12.1. The molecule has 0 saturated heterocycles. The van der Waals surface area contributed by atoms with Crippen molar-refractivity contribution in [2.24, 2.45) is 13.0 Å². The van der Waals surface area contributed by atoms with Crippen molar-refractivity contribution in [1.29, 1.82) is 5.26 Å². The quantitative estimate of drug-likeness (QED) is 0.300. The molecule has 1 fully saturated rings. The maximum absolute atomic E-state index is 12.1. The van der Waals surface area contributed by atoms with E-state index < -0.39 is 24.0 Å². The first-order valence-corrected chi connectivity index (χ1v) is 13.1. The number of benzene rings is 2. The number of alkyl halides is 3. The summed E-state index contributed by atoms with van der Waals surface area (Å²) in [5, 5.41) is 30.5. The van der Waals surface area contributed by atoms with Crippen LogP contribution in [0, 0.1) is 17.2 Å². The van der Waals surface area contributed by atoms with Gasteiger partial charge in [-0.15, -0.1) is 0 Å². The Morgan fingerprint density at radius 1 is 1.10 bits per heavy atom. The number of hydrogen-bond acceptors (Lipinski definition) is 6. The van der Waals surface area contributed by atoms with E-state index in [4.69, 9.17) is 24.9 Å². The molecule has 0 bridgehead atoms. The van der Waals surface area contributed by atoms with Gasteiger partial charge in [0.2, 0.25) is 0 Å². The van der Waals surface area contributed by atoms with Gasteiger partial charge in [0.05, 0.1) is 34.3 Å². The van der Waals surface area contributed by atoms with E-state index in [9.17, 15) is 23.1 Å². The molecule has 4 aromatic rings. The number of aryl methyl sites for hydroxylation is 1. The Bertz CT molecular complexity index is 1600. The molecule has 2 aromatic heterocycles. The van der Waals surface area contributed by atoms with Gasteiger partial charge < -0.3 is 19.5 Å². The van der Waals surface area contributed by atoms with Crippen molar-refractivity contribution in [2.45, 2.75) is 50.9 Å². The van der Waals surface area contributed by atoms with Gasteiger partial charge in [-0.3, -0.25) is 9.48 Å². The first-order chi connectivity index (χ1) is 20.0. The van der Waals surface area contributed by atoms with Crippen LogP contribution in [0.15, 0.2) is 54.7 Å². The molecule has 0 unspecified atom stereocenters. The number of carboxylic acid groups (broad SMARTS) is 2. The SMILES string of the molecule is Cn1ccc(COc2ccc3nc([C@H]4CCCC[C@@H]4C(=O)O)n(Cc4ccc(C#N)cc4)c3c2)n1.O=C(O)C(F)(F)F. The van der Waals surface area contributed by atoms with Gasteiger partial charge in [0.1, 0.15) is 18.2 Å². The first kappa shape index (κ1) is 30.1. The molecule has 1 aliphatic carbocycles. The number of rotatable bonds is 7. The molecule has 10 nitrogen and oxygen atoms in total. The van der Waals surface area contributed by atoms with Crippen LogP contribution < -0.4 is 4.74 Å². The molecule has 0 radical (unpaired) electrons. The van der Waals surface area contributed by atoms with E-state index in [-0.39, 0.29) is 5.92 Å². The average Bonchev–Trinajstić information content (AvgIpc) is 3.54. The Kier molecular flexibility index (Phi) is 9.15. The van der Waals surface area contributed by atoms with Crippen LogP contribution in [0.4, 0.5) is 13.2 Å². The lowest BCUT2D eigenvalue weighted by Crippen LogP contribution is -2.27. The number of carboxylic acids is 2. The van der Waals surface area contributed by atoms with Gasteiger partial charge in [0.15, 0.2) is 0 Å². The van der Waals surface area contributed by atoms with Crippen LogP contribution in [0.1, 0.15) is 54.2 Å². The molecule has 1 aliphatic rings. The van der Waals surface area contributed by atoms with Crippen molar-refractivity contribution in [3.8, 4) is 11.8 Å². The van der Waals surface area contributed by atoms with Crippen molar-refractivity contribution in [3.05, 3.63) is 77.4 Å². The van der Waals surface area contributed by atoms with E-state index in [1.165, 1.54) is 0 Å². The Morgan fingerprint density at radius 2 is 1.79 bits per heavy atom. The molecule has 42 heavy (non-hydrogen) atoms. The second-order valence-corrected chi connectivity index (χ2v) is 9.92. The molecule has 1 saturated carbocycles. The van der Waals surface area contributed by atoms with Gasteiger partial charge in [0.25, 0.3) is 0 Å². The van der Waals surface area contributed by atoms with Crippen LogP contribution in [-0.2, 0) is 29.8 Å². The Balaban J connectivity index is 0.000000517. The number of fused-ring (bicyclic) bond motifs is 1. The maximum Gasteiger partial charge on any atom is 0.490 e. The van der Waals surface area contributed by atoms with Gasteiger partial charge >= 0.3 is 18.1 Å². The summed E-state index contributed by atoms with van der Waals surface area (Å²) in [6.07, 6.45) is 0.181. The summed E-state index contributed by atoms with van der Waals surface area (Å²) >= 11 is 0. The summed E-state index contributed by atoms with van der Waals surface area (Å²) < 4.78 is 41.6. The number of aromatic nitrogens is 4. The molecule has 5 rings (SSSR count). The van der Waals surface area contributed by atoms with E-state index in [0.29, 0.717) is 30.9 Å². The monoisotopic (exact) mass is 583 g/mol. The fourth-order valence-electron chi connectivity index (χ4n) is 4.96. The molecule has 2 heterocycles. The van der Waals surface area contributed by atoms with Gasteiger partial charge in [-0.05, 0) is 48.7 Å². The molecule has 2 N–H and O–H groups in total. The fourth-order valence-corrected chi connectivity index (χ4v) is 4.96. The first-order valence-electron chi connectivity index (χ1n) is 13.1. The third kappa shape index (κ3) is 7.25. The average molecular weight is 584 g/mol. The zero-order valence-electron chi connectivity index (χ0n) is 22.6. The lowest BCUT2D eigenvalue weighted by molar-refractivity contribution is -0.192. The summed E-state index contributed by atoms with van der Waals surface area (Å²) in [4.78, 5) is 25.9. The molecule has 2 atom stereocenters. The molecule has 0 spiro atoms. The Labute approximate surface area is 238 Å². The Morgan fingerprint density at radius 3 is 2.38 bits per heavy atom. The molecule has 0 amide bonds.